The van der Waals surface area contributed by atoms with Gasteiger partial charge in [0.05, 0.1) is 24.1 Å². The second-order valence-corrected chi connectivity index (χ2v) is 9.20. The molecular formula is C24H26ClN3O3S. The zero-order valence-corrected chi connectivity index (χ0v) is 19.8. The summed E-state index contributed by atoms with van der Waals surface area (Å²) in [5.74, 6) is 2.35. The van der Waals surface area contributed by atoms with Gasteiger partial charge < -0.3 is 14.2 Å². The van der Waals surface area contributed by atoms with E-state index in [0.717, 1.165) is 52.9 Å². The lowest BCUT2D eigenvalue weighted by atomic mass is 10.1. The third-order valence-electron chi connectivity index (χ3n) is 5.46. The SMILES string of the molecule is COc1ccc(Cl)cc1CN1CCN(C(=O)c2ccccc2SCc2cc(C)no2)CC1. The number of ether oxygens (including phenoxy) is 1. The number of nitrogens with zero attached hydrogens (tertiary/aromatic N) is 3. The number of hydrogen-bond donors (Lipinski definition) is 0. The van der Waals surface area contributed by atoms with Crippen molar-refractivity contribution in [3.63, 3.8) is 0 Å². The first-order chi connectivity index (χ1) is 15.5. The van der Waals surface area contributed by atoms with Crippen molar-refractivity contribution in [3.05, 3.63) is 76.1 Å². The van der Waals surface area contributed by atoms with Crippen molar-refractivity contribution in [2.45, 2.75) is 24.1 Å². The molecule has 168 valence electrons. The molecular weight excluding hydrogens is 446 g/mol. The van der Waals surface area contributed by atoms with Gasteiger partial charge in [-0.15, -0.1) is 11.8 Å². The number of carbonyl (C=O) groups is 1. The van der Waals surface area contributed by atoms with Crippen LogP contribution in [0, 0.1) is 6.92 Å². The van der Waals surface area contributed by atoms with Crippen LogP contribution in [0.5, 0.6) is 5.75 Å². The molecule has 1 aliphatic heterocycles. The zero-order valence-electron chi connectivity index (χ0n) is 18.2. The number of aryl methyl sites for hydroxylation is 1. The van der Waals surface area contributed by atoms with E-state index in [9.17, 15) is 4.79 Å². The molecule has 0 bridgehead atoms. The summed E-state index contributed by atoms with van der Waals surface area (Å²) in [6, 6.07) is 15.4. The van der Waals surface area contributed by atoms with E-state index < -0.39 is 0 Å². The van der Waals surface area contributed by atoms with E-state index in [1.807, 2.05) is 60.4 Å². The van der Waals surface area contributed by atoms with Gasteiger partial charge in [0.2, 0.25) is 0 Å². The van der Waals surface area contributed by atoms with E-state index in [1.165, 1.54) is 0 Å². The number of carbonyl (C=O) groups excluding carboxylic acids is 1. The average molecular weight is 472 g/mol. The Bertz CT molecular complexity index is 1080. The van der Waals surface area contributed by atoms with E-state index >= 15 is 0 Å². The first-order valence-electron chi connectivity index (χ1n) is 10.5. The molecule has 8 heteroatoms. The maximum absolute atomic E-state index is 13.3. The smallest absolute Gasteiger partial charge is 0.255 e. The molecule has 3 aromatic rings. The molecule has 1 amide bonds. The molecule has 0 N–H and O–H groups in total. The molecule has 2 heterocycles. The lowest BCUT2D eigenvalue weighted by Gasteiger charge is -2.35. The number of hydrogen-bond acceptors (Lipinski definition) is 6. The Labute approximate surface area is 197 Å². The number of amides is 1. The normalized spacial score (nSPS) is 14.5. The van der Waals surface area contributed by atoms with Gasteiger partial charge in [0.25, 0.3) is 5.91 Å². The Hall–Kier alpha value is -2.48. The van der Waals surface area contributed by atoms with Crippen molar-refractivity contribution in [1.29, 1.82) is 0 Å². The van der Waals surface area contributed by atoms with Gasteiger partial charge in [-0.2, -0.15) is 0 Å². The van der Waals surface area contributed by atoms with Crippen LogP contribution in [0.1, 0.15) is 27.4 Å². The van der Waals surface area contributed by atoms with Gasteiger partial charge in [-0.25, -0.2) is 0 Å². The average Bonchev–Trinajstić information content (AvgIpc) is 3.23. The molecule has 0 atom stereocenters. The molecule has 6 nitrogen and oxygen atoms in total. The number of halogens is 1. The summed E-state index contributed by atoms with van der Waals surface area (Å²) >= 11 is 7.76. The van der Waals surface area contributed by atoms with E-state index in [4.69, 9.17) is 20.9 Å². The molecule has 32 heavy (non-hydrogen) atoms. The highest BCUT2D eigenvalue weighted by Crippen LogP contribution is 2.28. The van der Waals surface area contributed by atoms with E-state index in [2.05, 4.69) is 10.1 Å². The van der Waals surface area contributed by atoms with Crippen molar-refractivity contribution in [2.75, 3.05) is 33.3 Å². The van der Waals surface area contributed by atoms with Gasteiger partial charge in [-0.05, 0) is 37.3 Å². The zero-order chi connectivity index (χ0) is 22.5. The lowest BCUT2D eigenvalue weighted by molar-refractivity contribution is 0.0624. The topological polar surface area (TPSA) is 58.8 Å². The fraction of sp³-hybridized carbons (Fsp3) is 0.333. The lowest BCUT2D eigenvalue weighted by Crippen LogP contribution is -2.48. The minimum Gasteiger partial charge on any atom is -0.496 e. The summed E-state index contributed by atoms with van der Waals surface area (Å²) in [6.45, 7) is 5.61. The summed E-state index contributed by atoms with van der Waals surface area (Å²) in [4.78, 5) is 18.5. The first-order valence-corrected chi connectivity index (χ1v) is 11.9. The van der Waals surface area contributed by atoms with Gasteiger partial charge in [0.1, 0.15) is 11.5 Å². The van der Waals surface area contributed by atoms with Crippen LogP contribution in [-0.4, -0.2) is 54.2 Å². The second-order valence-electron chi connectivity index (χ2n) is 7.74. The van der Waals surface area contributed by atoms with E-state index in [0.29, 0.717) is 23.9 Å². The molecule has 0 radical (unpaired) electrons. The summed E-state index contributed by atoms with van der Waals surface area (Å²) < 4.78 is 10.8. The van der Waals surface area contributed by atoms with Crippen LogP contribution in [0.25, 0.3) is 0 Å². The molecule has 1 aliphatic rings. The van der Waals surface area contributed by atoms with E-state index in [1.54, 1.807) is 18.9 Å². The predicted molar refractivity (Wildman–Crippen MR) is 126 cm³/mol. The largest absolute Gasteiger partial charge is 0.496 e. The number of aromatic nitrogens is 1. The fourth-order valence-electron chi connectivity index (χ4n) is 3.79. The molecule has 4 rings (SSSR count). The van der Waals surface area contributed by atoms with Crippen LogP contribution in [0.2, 0.25) is 5.02 Å². The van der Waals surface area contributed by atoms with Gasteiger partial charge in [-0.3, -0.25) is 9.69 Å². The summed E-state index contributed by atoms with van der Waals surface area (Å²) in [5.41, 5.74) is 2.65. The van der Waals surface area contributed by atoms with Crippen LogP contribution >= 0.6 is 23.4 Å². The summed E-state index contributed by atoms with van der Waals surface area (Å²) in [6.07, 6.45) is 0. The minimum atomic E-state index is 0.0711. The first kappa shape index (κ1) is 22.7. The monoisotopic (exact) mass is 471 g/mol. The van der Waals surface area contributed by atoms with Crippen molar-refractivity contribution < 1.29 is 14.1 Å². The maximum atomic E-state index is 13.3. The van der Waals surface area contributed by atoms with Crippen molar-refractivity contribution >= 4 is 29.3 Å². The minimum absolute atomic E-state index is 0.0711. The third kappa shape index (κ3) is 5.46. The van der Waals surface area contributed by atoms with Gasteiger partial charge >= 0.3 is 0 Å². The molecule has 1 aromatic heterocycles. The van der Waals surface area contributed by atoms with Crippen LogP contribution < -0.4 is 4.74 Å². The molecule has 0 saturated carbocycles. The second kappa shape index (κ2) is 10.4. The summed E-state index contributed by atoms with van der Waals surface area (Å²) in [5, 5.41) is 4.63. The Kier molecular flexibility index (Phi) is 7.40. The Morgan fingerprint density at radius 3 is 2.66 bits per heavy atom. The standard InChI is InChI=1S/C24H26ClN3O3S/c1-17-13-20(31-26-17)16-32-23-6-4-3-5-21(23)24(29)28-11-9-27(10-12-28)15-18-14-19(25)7-8-22(18)30-2/h3-8,13-14H,9-12,15-16H2,1-2H3. The molecule has 1 saturated heterocycles. The van der Waals surface area contributed by atoms with Crippen LogP contribution in [0.15, 0.2) is 57.9 Å². The van der Waals surface area contributed by atoms with Gasteiger partial charge in [-0.1, -0.05) is 28.9 Å². The van der Waals surface area contributed by atoms with Crippen molar-refractivity contribution in [3.8, 4) is 5.75 Å². The molecule has 1 fully saturated rings. The Balaban J connectivity index is 1.37. The van der Waals surface area contributed by atoms with E-state index in [-0.39, 0.29) is 5.91 Å². The molecule has 0 unspecified atom stereocenters. The van der Waals surface area contributed by atoms with Gasteiger partial charge in [0.15, 0.2) is 0 Å². The number of piperazine rings is 1. The number of thioether (sulfide) groups is 1. The number of methoxy groups -OCH3 is 1. The van der Waals surface area contributed by atoms with Crippen molar-refractivity contribution in [2.24, 2.45) is 0 Å². The third-order valence-corrected chi connectivity index (χ3v) is 6.79. The van der Waals surface area contributed by atoms with Gasteiger partial charge in [0, 0.05) is 54.3 Å². The van der Waals surface area contributed by atoms with Crippen LogP contribution in [-0.2, 0) is 12.3 Å². The number of rotatable bonds is 7. The highest BCUT2D eigenvalue weighted by molar-refractivity contribution is 7.98. The quantitative estimate of drug-likeness (QED) is 0.457. The molecule has 0 aliphatic carbocycles. The molecule has 2 aromatic carbocycles. The van der Waals surface area contributed by atoms with Crippen molar-refractivity contribution in [1.82, 2.24) is 15.0 Å². The van der Waals surface area contributed by atoms with Crippen LogP contribution in [0.3, 0.4) is 0 Å². The summed E-state index contributed by atoms with van der Waals surface area (Å²) in [7, 11) is 1.67. The Morgan fingerprint density at radius 2 is 1.94 bits per heavy atom. The van der Waals surface area contributed by atoms with Crippen LogP contribution in [0.4, 0.5) is 0 Å². The highest BCUT2D eigenvalue weighted by atomic mass is 35.5. The predicted octanol–water partition coefficient (Wildman–Crippen LogP) is 4.90. The molecule has 0 spiro atoms. The Morgan fingerprint density at radius 1 is 1.16 bits per heavy atom. The maximum Gasteiger partial charge on any atom is 0.255 e. The number of benzene rings is 2. The highest BCUT2D eigenvalue weighted by Gasteiger charge is 2.24. The fourth-order valence-corrected chi connectivity index (χ4v) is 4.91.